The summed E-state index contributed by atoms with van der Waals surface area (Å²) in [6.45, 7) is 4.46. The average molecular weight is 238 g/mol. The first-order valence-electron chi connectivity index (χ1n) is 6.51. The molecule has 1 aliphatic heterocycles. The fourth-order valence-corrected chi connectivity index (χ4v) is 2.75. The van der Waals surface area contributed by atoms with E-state index in [1.54, 1.807) is 0 Å². The van der Waals surface area contributed by atoms with Crippen LogP contribution in [0.3, 0.4) is 0 Å². The Morgan fingerprint density at radius 2 is 2.17 bits per heavy atom. The summed E-state index contributed by atoms with van der Waals surface area (Å²) in [7, 11) is 0. The number of nitrogens with one attached hydrogen (secondary N) is 1. The molecule has 2 heterocycles. The third-order valence-corrected chi connectivity index (χ3v) is 3.74. The van der Waals surface area contributed by atoms with E-state index in [-0.39, 0.29) is 0 Å². The van der Waals surface area contributed by atoms with E-state index in [1.807, 2.05) is 18.5 Å². The molecular formula is C16H18N2. The van der Waals surface area contributed by atoms with Gasteiger partial charge in [0.15, 0.2) is 0 Å². The lowest BCUT2D eigenvalue weighted by Gasteiger charge is -2.32. The Balaban J connectivity index is 1.95. The Morgan fingerprint density at radius 1 is 1.28 bits per heavy atom. The zero-order chi connectivity index (χ0) is 12.5. The van der Waals surface area contributed by atoms with Gasteiger partial charge in [0.25, 0.3) is 0 Å². The summed E-state index contributed by atoms with van der Waals surface area (Å²) in [4.78, 5) is 4.21. The summed E-state index contributed by atoms with van der Waals surface area (Å²) < 4.78 is 0. The van der Waals surface area contributed by atoms with E-state index in [1.165, 1.54) is 22.4 Å². The van der Waals surface area contributed by atoms with Crippen molar-refractivity contribution in [1.29, 1.82) is 0 Å². The van der Waals surface area contributed by atoms with Crippen molar-refractivity contribution in [3.63, 3.8) is 0 Å². The molecule has 92 valence electrons. The zero-order valence-electron chi connectivity index (χ0n) is 10.9. The fourth-order valence-electron chi connectivity index (χ4n) is 2.75. The normalized spacial score (nSPS) is 22.1. The standard InChI is InChI=1S/C16H18N2/c1-11-5-6-15-14(8-11)12(2)9-16(18-15)13-4-3-7-17-10-13/h3-8,10,12,16,18H,9H2,1-2H3/t12-,16+/m0/s1. The number of anilines is 1. The van der Waals surface area contributed by atoms with Gasteiger partial charge in [-0.05, 0) is 42.5 Å². The van der Waals surface area contributed by atoms with E-state index in [4.69, 9.17) is 0 Å². The molecule has 0 radical (unpaired) electrons. The van der Waals surface area contributed by atoms with Gasteiger partial charge in [-0.25, -0.2) is 0 Å². The molecule has 2 aromatic rings. The van der Waals surface area contributed by atoms with Crippen molar-refractivity contribution in [2.24, 2.45) is 0 Å². The number of rotatable bonds is 1. The van der Waals surface area contributed by atoms with Crippen LogP contribution in [0.2, 0.25) is 0 Å². The molecular weight excluding hydrogens is 220 g/mol. The average Bonchev–Trinajstić information content (AvgIpc) is 2.40. The van der Waals surface area contributed by atoms with Gasteiger partial charge in [-0.15, -0.1) is 0 Å². The van der Waals surface area contributed by atoms with Gasteiger partial charge in [0.2, 0.25) is 0 Å². The Kier molecular flexibility index (Phi) is 2.78. The second-order valence-electron chi connectivity index (χ2n) is 5.21. The predicted molar refractivity (Wildman–Crippen MR) is 74.8 cm³/mol. The number of fused-ring (bicyclic) bond motifs is 1. The molecule has 0 bridgehead atoms. The van der Waals surface area contributed by atoms with Gasteiger partial charge < -0.3 is 5.32 Å². The molecule has 0 aliphatic carbocycles. The molecule has 0 amide bonds. The number of hydrogen-bond acceptors (Lipinski definition) is 2. The van der Waals surface area contributed by atoms with Crippen LogP contribution in [-0.2, 0) is 0 Å². The van der Waals surface area contributed by atoms with Crippen LogP contribution in [0.25, 0.3) is 0 Å². The lowest BCUT2D eigenvalue weighted by molar-refractivity contribution is 0.578. The first kappa shape index (κ1) is 11.3. The van der Waals surface area contributed by atoms with Crippen LogP contribution in [0.1, 0.15) is 42.0 Å². The van der Waals surface area contributed by atoms with Gasteiger partial charge in [0.1, 0.15) is 0 Å². The largest absolute Gasteiger partial charge is 0.378 e. The Bertz CT molecular complexity index is 548. The van der Waals surface area contributed by atoms with Crippen LogP contribution in [0.5, 0.6) is 0 Å². The maximum atomic E-state index is 4.21. The van der Waals surface area contributed by atoms with E-state index < -0.39 is 0 Å². The Hall–Kier alpha value is -1.83. The monoisotopic (exact) mass is 238 g/mol. The molecule has 2 heteroatoms. The highest BCUT2D eigenvalue weighted by molar-refractivity contribution is 5.57. The predicted octanol–water partition coefficient (Wildman–Crippen LogP) is 4.05. The van der Waals surface area contributed by atoms with Crippen molar-refractivity contribution >= 4 is 5.69 Å². The lowest BCUT2D eigenvalue weighted by Crippen LogP contribution is -2.20. The number of aryl methyl sites for hydroxylation is 1. The minimum atomic E-state index is 0.379. The highest BCUT2D eigenvalue weighted by atomic mass is 14.9. The third kappa shape index (κ3) is 1.99. The van der Waals surface area contributed by atoms with Crippen molar-refractivity contribution in [3.8, 4) is 0 Å². The van der Waals surface area contributed by atoms with Gasteiger partial charge in [-0.3, -0.25) is 4.98 Å². The second kappa shape index (κ2) is 4.45. The molecule has 0 fully saturated rings. The smallest absolute Gasteiger partial charge is 0.0534 e. The van der Waals surface area contributed by atoms with Crippen LogP contribution < -0.4 is 5.32 Å². The van der Waals surface area contributed by atoms with Crippen LogP contribution in [-0.4, -0.2) is 4.98 Å². The molecule has 2 nitrogen and oxygen atoms in total. The molecule has 1 aromatic carbocycles. The molecule has 1 aliphatic rings. The third-order valence-electron chi connectivity index (χ3n) is 3.74. The molecule has 0 saturated carbocycles. The lowest BCUT2D eigenvalue weighted by atomic mass is 9.85. The molecule has 1 N–H and O–H groups in total. The van der Waals surface area contributed by atoms with Gasteiger partial charge in [0, 0.05) is 18.1 Å². The topological polar surface area (TPSA) is 24.9 Å². The number of benzene rings is 1. The van der Waals surface area contributed by atoms with Crippen LogP contribution in [0, 0.1) is 6.92 Å². The number of hydrogen-bond donors (Lipinski definition) is 1. The number of nitrogens with zero attached hydrogens (tertiary/aromatic N) is 1. The summed E-state index contributed by atoms with van der Waals surface area (Å²) >= 11 is 0. The van der Waals surface area contributed by atoms with E-state index in [9.17, 15) is 0 Å². The highest BCUT2D eigenvalue weighted by Gasteiger charge is 2.24. The summed E-state index contributed by atoms with van der Waals surface area (Å²) in [6, 6.07) is 11.2. The molecule has 0 spiro atoms. The summed E-state index contributed by atoms with van der Waals surface area (Å²) in [5, 5.41) is 3.63. The number of aromatic nitrogens is 1. The van der Waals surface area contributed by atoms with Crippen molar-refractivity contribution in [1.82, 2.24) is 4.98 Å². The molecule has 3 rings (SSSR count). The first-order chi connectivity index (χ1) is 8.74. The minimum Gasteiger partial charge on any atom is -0.378 e. The van der Waals surface area contributed by atoms with E-state index in [0.29, 0.717) is 12.0 Å². The van der Waals surface area contributed by atoms with Crippen molar-refractivity contribution < 1.29 is 0 Å². The summed E-state index contributed by atoms with van der Waals surface area (Å²) in [5.41, 5.74) is 5.32. The second-order valence-corrected chi connectivity index (χ2v) is 5.21. The maximum absolute atomic E-state index is 4.21. The first-order valence-corrected chi connectivity index (χ1v) is 6.51. The van der Waals surface area contributed by atoms with Gasteiger partial charge in [0.05, 0.1) is 6.04 Å². The van der Waals surface area contributed by atoms with Crippen LogP contribution >= 0.6 is 0 Å². The number of pyridine rings is 1. The Morgan fingerprint density at radius 3 is 2.94 bits per heavy atom. The fraction of sp³-hybridized carbons (Fsp3) is 0.312. The van der Waals surface area contributed by atoms with Crippen LogP contribution in [0.15, 0.2) is 42.7 Å². The van der Waals surface area contributed by atoms with Crippen molar-refractivity contribution in [3.05, 3.63) is 59.4 Å². The van der Waals surface area contributed by atoms with Crippen LogP contribution in [0.4, 0.5) is 5.69 Å². The molecule has 1 aromatic heterocycles. The minimum absolute atomic E-state index is 0.379. The van der Waals surface area contributed by atoms with E-state index >= 15 is 0 Å². The van der Waals surface area contributed by atoms with Crippen molar-refractivity contribution in [2.45, 2.75) is 32.2 Å². The van der Waals surface area contributed by atoms with Gasteiger partial charge >= 0.3 is 0 Å². The Labute approximate surface area is 108 Å². The summed E-state index contributed by atoms with van der Waals surface area (Å²) in [6.07, 6.45) is 4.92. The SMILES string of the molecule is Cc1ccc2c(c1)[C@@H](C)C[C@H](c1cccnc1)N2. The molecule has 18 heavy (non-hydrogen) atoms. The van der Waals surface area contributed by atoms with E-state index in [2.05, 4.69) is 48.4 Å². The zero-order valence-corrected chi connectivity index (χ0v) is 10.9. The van der Waals surface area contributed by atoms with Gasteiger partial charge in [-0.1, -0.05) is 30.7 Å². The quantitative estimate of drug-likeness (QED) is 0.810. The maximum Gasteiger partial charge on any atom is 0.0534 e. The van der Waals surface area contributed by atoms with Gasteiger partial charge in [-0.2, -0.15) is 0 Å². The molecule has 0 unspecified atom stereocenters. The van der Waals surface area contributed by atoms with Crippen molar-refractivity contribution in [2.75, 3.05) is 5.32 Å². The molecule has 0 saturated heterocycles. The van der Waals surface area contributed by atoms with E-state index in [0.717, 1.165) is 6.42 Å². The summed E-state index contributed by atoms with van der Waals surface area (Å²) in [5.74, 6) is 0.589. The highest BCUT2D eigenvalue weighted by Crippen LogP contribution is 2.39. The molecule has 2 atom stereocenters.